The number of hydrogen-bond acceptors (Lipinski definition) is 3. The van der Waals surface area contributed by atoms with Crippen molar-refractivity contribution in [2.24, 2.45) is 4.99 Å². The first-order valence-corrected chi connectivity index (χ1v) is 8.04. The number of amides is 1. The number of aliphatic imine (C=N–C) groups is 1. The van der Waals surface area contributed by atoms with Crippen molar-refractivity contribution < 1.29 is 9.53 Å². The Hall–Kier alpha value is -1.50. The summed E-state index contributed by atoms with van der Waals surface area (Å²) in [6.45, 7) is 4.11. The second-order valence-electron chi connectivity index (χ2n) is 4.63. The average molecular weight is 361 g/mol. The lowest BCUT2D eigenvalue weighted by molar-refractivity contribution is -0.120. The second kappa shape index (κ2) is 11.1. The van der Waals surface area contributed by atoms with Crippen molar-refractivity contribution in [2.75, 3.05) is 33.4 Å². The Kier molecular flexibility index (Phi) is 9.43. The maximum atomic E-state index is 11.6. The summed E-state index contributed by atoms with van der Waals surface area (Å²) in [5.41, 5.74) is 0.859. The van der Waals surface area contributed by atoms with Gasteiger partial charge in [0.1, 0.15) is 0 Å². The zero-order valence-electron chi connectivity index (χ0n) is 13.3. The summed E-state index contributed by atoms with van der Waals surface area (Å²) in [5, 5.41) is 9.91. The zero-order chi connectivity index (χ0) is 17.1. The molecule has 0 aliphatic heterocycles. The number of guanidine groups is 1. The lowest BCUT2D eigenvalue weighted by Crippen LogP contribution is -2.43. The van der Waals surface area contributed by atoms with E-state index in [9.17, 15) is 4.79 Å². The molecule has 0 heterocycles. The first kappa shape index (κ1) is 19.5. The van der Waals surface area contributed by atoms with Gasteiger partial charge in [-0.1, -0.05) is 29.3 Å². The molecule has 0 radical (unpaired) electrons. The Bertz CT molecular complexity index is 538. The van der Waals surface area contributed by atoms with Crippen molar-refractivity contribution in [3.63, 3.8) is 0 Å². The molecule has 0 fully saturated rings. The van der Waals surface area contributed by atoms with E-state index in [4.69, 9.17) is 27.9 Å². The maximum absolute atomic E-state index is 11.6. The van der Waals surface area contributed by atoms with E-state index in [1.807, 2.05) is 13.0 Å². The van der Waals surface area contributed by atoms with Crippen LogP contribution in [-0.2, 0) is 16.1 Å². The van der Waals surface area contributed by atoms with Gasteiger partial charge in [0.2, 0.25) is 5.91 Å². The molecule has 0 spiro atoms. The Labute approximate surface area is 146 Å². The molecule has 1 aromatic carbocycles. The molecular weight excluding hydrogens is 339 g/mol. The van der Waals surface area contributed by atoms with E-state index in [1.165, 1.54) is 0 Å². The van der Waals surface area contributed by atoms with Gasteiger partial charge in [-0.2, -0.15) is 0 Å². The van der Waals surface area contributed by atoms with E-state index < -0.39 is 0 Å². The predicted molar refractivity (Wildman–Crippen MR) is 94.2 cm³/mol. The number of hydrogen-bond donors (Lipinski definition) is 3. The third-order valence-corrected chi connectivity index (χ3v) is 3.40. The number of nitrogens with one attached hydrogen (secondary N) is 3. The fourth-order valence-electron chi connectivity index (χ4n) is 1.67. The SMILES string of the molecule is CCNC(=NCc1ccc(Cl)cc1Cl)NCC(=O)NCCOC. The summed E-state index contributed by atoms with van der Waals surface area (Å²) in [5.74, 6) is 0.414. The van der Waals surface area contributed by atoms with Gasteiger partial charge < -0.3 is 20.7 Å². The van der Waals surface area contributed by atoms with Crippen molar-refractivity contribution >= 4 is 35.1 Å². The van der Waals surface area contributed by atoms with Crippen LogP contribution in [0, 0.1) is 0 Å². The van der Waals surface area contributed by atoms with Crippen LogP contribution in [0.3, 0.4) is 0 Å². The molecule has 128 valence electrons. The van der Waals surface area contributed by atoms with Crippen molar-refractivity contribution in [1.82, 2.24) is 16.0 Å². The molecule has 0 saturated carbocycles. The van der Waals surface area contributed by atoms with Gasteiger partial charge in [-0.05, 0) is 24.6 Å². The van der Waals surface area contributed by atoms with Gasteiger partial charge in [-0.15, -0.1) is 0 Å². The van der Waals surface area contributed by atoms with Crippen molar-refractivity contribution in [3.05, 3.63) is 33.8 Å². The van der Waals surface area contributed by atoms with Crippen LogP contribution < -0.4 is 16.0 Å². The van der Waals surface area contributed by atoms with Crippen LogP contribution in [0.15, 0.2) is 23.2 Å². The fourth-order valence-corrected chi connectivity index (χ4v) is 2.14. The molecule has 0 aromatic heterocycles. The van der Waals surface area contributed by atoms with E-state index in [0.717, 1.165) is 5.56 Å². The minimum absolute atomic E-state index is 0.128. The summed E-state index contributed by atoms with van der Waals surface area (Å²) in [4.78, 5) is 16.0. The first-order chi connectivity index (χ1) is 11.1. The molecule has 0 bridgehead atoms. The minimum Gasteiger partial charge on any atom is -0.383 e. The summed E-state index contributed by atoms with van der Waals surface area (Å²) < 4.78 is 4.87. The highest BCUT2D eigenvalue weighted by Gasteiger charge is 2.04. The van der Waals surface area contributed by atoms with Crippen molar-refractivity contribution in [1.29, 1.82) is 0 Å². The van der Waals surface area contributed by atoms with Gasteiger partial charge in [-0.25, -0.2) is 4.99 Å². The molecular formula is C15H22Cl2N4O2. The lowest BCUT2D eigenvalue weighted by atomic mass is 10.2. The highest BCUT2D eigenvalue weighted by molar-refractivity contribution is 6.35. The molecule has 1 rings (SSSR count). The minimum atomic E-state index is -0.128. The van der Waals surface area contributed by atoms with Crippen molar-refractivity contribution in [3.8, 4) is 0 Å². The molecule has 0 saturated heterocycles. The third kappa shape index (κ3) is 8.06. The van der Waals surface area contributed by atoms with Gasteiger partial charge >= 0.3 is 0 Å². The Balaban J connectivity index is 2.54. The van der Waals surface area contributed by atoms with E-state index >= 15 is 0 Å². The highest BCUT2D eigenvalue weighted by atomic mass is 35.5. The molecule has 0 aliphatic rings. The average Bonchev–Trinajstić information content (AvgIpc) is 2.51. The van der Waals surface area contributed by atoms with E-state index in [-0.39, 0.29) is 12.5 Å². The normalized spacial score (nSPS) is 11.2. The molecule has 8 heteroatoms. The number of methoxy groups -OCH3 is 1. The van der Waals surface area contributed by atoms with E-state index in [1.54, 1.807) is 19.2 Å². The molecule has 6 nitrogen and oxygen atoms in total. The molecule has 1 aromatic rings. The molecule has 0 atom stereocenters. The van der Waals surface area contributed by atoms with E-state index in [2.05, 4.69) is 20.9 Å². The number of carbonyl (C=O) groups is 1. The summed E-state index contributed by atoms with van der Waals surface area (Å²) in [6, 6.07) is 5.27. The van der Waals surface area contributed by atoms with Gasteiger partial charge in [0.25, 0.3) is 0 Å². The number of carbonyl (C=O) groups excluding carboxylic acids is 1. The standard InChI is InChI=1S/C15H22Cl2N4O2/c1-3-18-15(21-10-14(22)19-6-7-23-2)20-9-11-4-5-12(16)8-13(11)17/h4-5,8H,3,6-7,9-10H2,1-2H3,(H,19,22)(H2,18,20,21). The van der Waals surface area contributed by atoms with Crippen LogP contribution >= 0.6 is 23.2 Å². The predicted octanol–water partition coefficient (Wildman–Crippen LogP) is 1.81. The van der Waals surface area contributed by atoms with Crippen LogP contribution in [0.1, 0.15) is 12.5 Å². The van der Waals surface area contributed by atoms with Crippen LogP contribution in [0.5, 0.6) is 0 Å². The molecule has 1 amide bonds. The summed E-state index contributed by atoms with van der Waals surface area (Å²) in [6.07, 6.45) is 0. The quantitative estimate of drug-likeness (QED) is 0.375. The smallest absolute Gasteiger partial charge is 0.239 e. The number of halogens is 2. The Morgan fingerprint density at radius 2 is 2.04 bits per heavy atom. The van der Waals surface area contributed by atoms with Crippen LogP contribution in [0.25, 0.3) is 0 Å². The maximum Gasteiger partial charge on any atom is 0.239 e. The summed E-state index contributed by atoms with van der Waals surface area (Å²) >= 11 is 12.0. The van der Waals surface area contributed by atoms with Crippen LogP contribution in [0.4, 0.5) is 0 Å². The molecule has 23 heavy (non-hydrogen) atoms. The van der Waals surface area contributed by atoms with Crippen LogP contribution in [-0.4, -0.2) is 45.2 Å². The third-order valence-electron chi connectivity index (χ3n) is 2.81. The monoisotopic (exact) mass is 360 g/mol. The number of ether oxygens (including phenoxy) is 1. The van der Waals surface area contributed by atoms with Gasteiger partial charge in [0.05, 0.1) is 19.7 Å². The number of rotatable bonds is 8. The Morgan fingerprint density at radius 1 is 1.26 bits per heavy atom. The first-order valence-electron chi connectivity index (χ1n) is 7.28. The summed E-state index contributed by atoms with van der Waals surface area (Å²) in [7, 11) is 1.59. The van der Waals surface area contributed by atoms with Crippen molar-refractivity contribution in [2.45, 2.75) is 13.5 Å². The number of benzene rings is 1. The number of nitrogens with zero attached hydrogens (tertiary/aromatic N) is 1. The fraction of sp³-hybridized carbons (Fsp3) is 0.467. The van der Waals surface area contributed by atoms with E-state index in [0.29, 0.717) is 42.2 Å². The van der Waals surface area contributed by atoms with Gasteiger partial charge in [0.15, 0.2) is 5.96 Å². The second-order valence-corrected chi connectivity index (χ2v) is 5.47. The van der Waals surface area contributed by atoms with Crippen LogP contribution in [0.2, 0.25) is 10.0 Å². The largest absolute Gasteiger partial charge is 0.383 e. The highest BCUT2D eigenvalue weighted by Crippen LogP contribution is 2.21. The topological polar surface area (TPSA) is 74.8 Å². The van der Waals surface area contributed by atoms with Gasteiger partial charge in [0, 0.05) is 30.2 Å². The Morgan fingerprint density at radius 3 is 2.70 bits per heavy atom. The lowest BCUT2D eigenvalue weighted by Gasteiger charge is -2.11. The zero-order valence-corrected chi connectivity index (χ0v) is 14.8. The van der Waals surface area contributed by atoms with Gasteiger partial charge in [-0.3, -0.25) is 4.79 Å². The molecule has 0 aliphatic carbocycles. The molecule has 0 unspecified atom stereocenters. The molecule has 3 N–H and O–H groups in total.